The summed E-state index contributed by atoms with van der Waals surface area (Å²) in [6, 6.07) is 12.7. The Bertz CT molecular complexity index is 717. The molecule has 3 nitrogen and oxygen atoms in total. The molecular weight excluding hydrogens is 293 g/mol. The predicted octanol–water partition coefficient (Wildman–Crippen LogP) is 4.65. The molecule has 2 aromatic carbocycles. The maximum absolute atomic E-state index is 13.5. The first-order valence-corrected chi connectivity index (χ1v) is 7.65. The van der Waals surface area contributed by atoms with Crippen molar-refractivity contribution in [3.63, 3.8) is 0 Å². The highest BCUT2D eigenvalue weighted by atomic mass is 19.1. The molecule has 0 atom stereocenters. The Hall–Kier alpha value is -2.67. The quantitative estimate of drug-likeness (QED) is 0.443. The SMILES string of the molecule is CCCCCc1ccc(C(=O)Oc2ccc(C#N)c(F)c2)cc1. The van der Waals surface area contributed by atoms with Crippen LogP contribution in [0.1, 0.15) is 47.7 Å². The molecule has 4 heteroatoms. The van der Waals surface area contributed by atoms with Crippen molar-refractivity contribution in [2.75, 3.05) is 0 Å². The second-order valence-corrected chi connectivity index (χ2v) is 5.30. The Morgan fingerprint density at radius 1 is 1.17 bits per heavy atom. The largest absolute Gasteiger partial charge is 0.423 e. The zero-order valence-electron chi connectivity index (χ0n) is 13.0. The summed E-state index contributed by atoms with van der Waals surface area (Å²) in [5, 5.41) is 8.67. The Morgan fingerprint density at radius 3 is 2.52 bits per heavy atom. The normalized spacial score (nSPS) is 10.1. The van der Waals surface area contributed by atoms with Gasteiger partial charge in [-0.25, -0.2) is 9.18 Å². The Balaban J connectivity index is 2.00. The first-order chi connectivity index (χ1) is 11.1. The molecule has 0 amide bonds. The van der Waals surface area contributed by atoms with Crippen molar-refractivity contribution < 1.29 is 13.9 Å². The van der Waals surface area contributed by atoms with Crippen LogP contribution in [0.2, 0.25) is 0 Å². The van der Waals surface area contributed by atoms with Gasteiger partial charge in [-0.3, -0.25) is 0 Å². The molecule has 0 fully saturated rings. The van der Waals surface area contributed by atoms with Gasteiger partial charge in [0.15, 0.2) is 0 Å². The number of hydrogen-bond acceptors (Lipinski definition) is 3. The van der Waals surface area contributed by atoms with E-state index >= 15 is 0 Å². The standard InChI is InChI=1S/C19H18FNO2/c1-2-3-4-5-14-6-8-15(9-7-14)19(22)23-17-11-10-16(13-21)18(20)12-17/h6-12H,2-5H2,1H3. The monoisotopic (exact) mass is 311 g/mol. The third-order valence-corrected chi connectivity index (χ3v) is 3.53. The molecule has 0 unspecified atom stereocenters. The molecule has 0 bridgehead atoms. The highest BCUT2D eigenvalue weighted by Gasteiger charge is 2.10. The van der Waals surface area contributed by atoms with Crippen LogP contribution >= 0.6 is 0 Å². The lowest BCUT2D eigenvalue weighted by Crippen LogP contribution is -2.08. The highest BCUT2D eigenvalue weighted by Crippen LogP contribution is 2.18. The number of rotatable bonds is 6. The number of aryl methyl sites for hydroxylation is 1. The number of carbonyl (C=O) groups excluding carboxylic acids is 1. The summed E-state index contributed by atoms with van der Waals surface area (Å²) in [6.45, 7) is 2.16. The van der Waals surface area contributed by atoms with Crippen LogP contribution < -0.4 is 4.74 Å². The highest BCUT2D eigenvalue weighted by molar-refractivity contribution is 5.91. The lowest BCUT2D eigenvalue weighted by molar-refractivity contribution is 0.0734. The molecular formula is C19H18FNO2. The number of ether oxygens (including phenoxy) is 1. The topological polar surface area (TPSA) is 50.1 Å². The molecule has 0 saturated heterocycles. The third-order valence-electron chi connectivity index (χ3n) is 3.53. The second kappa shape index (κ2) is 8.09. The smallest absolute Gasteiger partial charge is 0.343 e. The maximum atomic E-state index is 13.5. The van der Waals surface area contributed by atoms with Crippen LogP contribution in [0.25, 0.3) is 0 Å². The van der Waals surface area contributed by atoms with Crippen LogP contribution in [0.4, 0.5) is 4.39 Å². The van der Waals surface area contributed by atoms with E-state index in [1.54, 1.807) is 18.2 Å². The molecule has 0 heterocycles. The number of hydrogen-bond donors (Lipinski definition) is 0. The van der Waals surface area contributed by atoms with Gasteiger partial charge < -0.3 is 4.74 Å². The third kappa shape index (κ3) is 4.65. The number of unbranched alkanes of at least 4 members (excludes halogenated alkanes) is 2. The van der Waals surface area contributed by atoms with E-state index in [-0.39, 0.29) is 11.3 Å². The van der Waals surface area contributed by atoms with E-state index in [4.69, 9.17) is 10.00 Å². The minimum absolute atomic E-state index is 0.0820. The van der Waals surface area contributed by atoms with Gasteiger partial charge in [-0.1, -0.05) is 31.9 Å². The minimum Gasteiger partial charge on any atom is -0.423 e. The molecule has 0 aliphatic heterocycles. The van der Waals surface area contributed by atoms with Gasteiger partial charge in [-0.05, 0) is 42.7 Å². The molecule has 0 aliphatic carbocycles. The van der Waals surface area contributed by atoms with Crippen molar-refractivity contribution in [2.24, 2.45) is 0 Å². The van der Waals surface area contributed by atoms with E-state index in [0.717, 1.165) is 18.9 Å². The van der Waals surface area contributed by atoms with Crippen molar-refractivity contribution in [2.45, 2.75) is 32.6 Å². The summed E-state index contributed by atoms with van der Waals surface area (Å²) in [5.74, 6) is -1.17. The number of benzene rings is 2. The van der Waals surface area contributed by atoms with Crippen LogP contribution in [0, 0.1) is 17.1 Å². The zero-order valence-corrected chi connectivity index (χ0v) is 13.0. The molecule has 0 aromatic heterocycles. The summed E-state index contributed by atoms with van der Waals surface area (Å²) >= 11 is 0. The fraction of sp³-hybridized carbons (Fsp3) is 0.263. The van der Waals surface area contributed by atoms with E-state index < -0.39 is 11.8 Å². The van der Waals surface area contributed by atoms with E-state index in [0.29, 0.717) is 5.56 Å². The van der Waals surface area contributed by atoms with E-state index in [2.05, 4.69) is 6.92 Å². The van der Waals surface area contributed by atoms with Crippen LogP contribution in [-0.2, 0) is 6.42 Å². The fourth-order valence-electron chi connectivity index (χ4n) is 2.20. The van der Waals surface area contributed by atoms with Gasteiger partial charge in [0, 0.05) is 6.07 Å². The Kier molecular flexibility index (Phi) is 5.87. The van der Waals surface area contributed by atoms with Crippen LogP contribution in [0.5, 0.6) is 5.75 Å². The molecule has 0 saturated carbocycles. The molecule has 0 aliphatic rings. The lowest BCUT2D eigenvalue weighted by atomic mass is 10.1. The molecule has 0 radical (unpaired) electrons. The van der Waals surface area contributed by atoms with E-state index in [1.165, 1.54) is 30.5 Å². The average Bonchev–Trinajstić information content (AvgIpc) is 2.56. The summed E-state index contributed by atoms with van der Waals surface area (Å²) in [6.07, 6.45) is 4.48. The van der Waals surface area contributed by atoms with Crippen molar-refractivity contribution >= 4 is 5.97 Å². The number of halogens is 1. The number of nitrogens with zero attached hydrogens (tertiary/aromatic N) is 1. The number of carbonyl (C=O) groups is 1. The summed E-state index contributed by atoms with van der Waals surface area (Å²) in [5.41, 5.74) is 1.51. The van der Waals surface area contributed by atoms with Crippen molar-refractivity contribution in [1.29, 1.82) is 5.26 Å². The van der Waals surface area contributed by atoms with Gasteiger partial charge in [0.05, 0.1) is 11.1 Å². The lowest BCUT2D eigenvalue weighted by Gasteiger charge is -2.06. The Morgan fingerprint density at radius 2 is 1.91 bits per heavy atom. The van der Waals surface area contributed by atoms with Crippen LogP contribution in [0.15, 0.2) is 42.5 Å². The first-order valence-electron chi connectivity index (χ1n) is 7.65. The molecule has 118 valence electrons. The van der Waals surface area contributed by atoms with E-state index in [9.17, 15) is 9.18 Å². The Labute approximate surface area is 135 Å². The maximum Gasteiger partial charge on any atom is 0.343 e. The van der Waals surface area contributed by atoms with E-state index in [1.807, 2.05) is 12.1 Å². The number of nitriles is 1. The molecule has 0 N–H and O–H groups in total. The van der Waals surface area contributed by atoms with Crippen molar-refractivity contribution in [1.82, 2.24) is 0 Å². The summed E-state index contributed by atoms with van der Waals surface area (Å²) in [4.78, 5) is 12.0. The molecule has 0 spiro atoms. The summed E-state index contributed by atoms with van der Waals surface area (Å²) in [7, 11) is 0. The van der Waals surface area contributed by atoms with Crippen molar-refractivity contribution in [3.8, 4) is 11.8 Å². The van der Waals surface area contributed by atoms with Gasteiger partial charge in [0.25, 0.3) is 0 Å². The molecule has 2 rings (SSSR count). The average molecular weight is 311 g/mol. The zero-order chi connectivity index (χ0) is 16.7. The minimum atomic E-state index is -0.705. The van der Waals surface area contributed by atoms with Crippen LogP contribution in [0.3, 0.4) is 0 Å². The second-order valence-electron chi connectivity index (χ2n) is 5.30. The predicted molar refractivity (Wildman–Crippen MR) is 85.7 cm³/mol. The molecule has 23 heavy (non-hydrogen) atoms. The van der Waals surface area contributed by atoms with Gasteiger partial charge in [-0.2, -0.15) is 5.26 Å². The number of esters is 1. The summed E-state index contributed by atoms with van der Waals surface area (Å²) < 4.78 is 18.6. The van der Waals surface area contributed by atoms with Crippen LogP contribution in [-0.4, -0.2) is 5.97 Å². The van der Waals surface area contributed by atoms with Gasteiger partial charge in [0.2, 0.25) is 0 Å². The van der Waals surface area contributed by atoms with Gasteiger partial charge in [0.1, 0.15) is 17.6 Å². The van der Waals surface area contributed by atoms with Gasteiger partial charge in [-0.15, -0.1) is 0 Å². The molecule has 2 aromatic rings. The van der Waals surface area contributed by atoms with Gasteiger partial charge >= 0.3 is 5.97 Å². The van der Waals surface area contributed by atoms with Crippen molar-refractivity contribution in [3.05, 3.63) is 65.0 Å². The first kappa shape index (κ1) is 16.7. The fourth-order valence-corrected chi connectivity index (χ4v) is 2.20.